The minimum Gasteiger partial charge on any atom is -0.462 e. The van der Waals surface area contributed by atoms with Crippen molar-refractivity contribution in [3.8, 4) is 0 Å². The molecule has 2 aromatic carbocycles. The zero-order chi connectivity index (χ0) is 21.4. The monoisotopic (exact) mass is 415 g/mol. The number of fused-ring (bicyclic) bond motifs is 1. The second-order valence-electron chi connectivity index (χ2n) is 9.11. The average Bonchev–Trinajstić information content (AvgIpc) is 2.78. The van der Waals surface area contributed by atoms with Crippen LogP contribution >= 0.6 is 0 Å². The minimum absolute atomic E-state index is 0.0142. The highest BCUT2D eigenvalue weighted by molar-refractivity contribution is 6.09. The maximum atomic E-state index is 13.5. The Morgan fingerprint density at radius 3 is 2.58 bits per heavy atom. The summed E-state index contributed by atoms with van der Waals surface area (Å²) in [4.78, 5) is 31.5. The van der Waals surface area contributed by atoms with Crippen molar-refractivity contribution in [3.05, 3.63) is 59.3 Å². The molecular weight excluding hydrogens is 386 g/mol. The number of rotatable bonds is 3. The van der Waals surface area contributed by atoms with Gasteiger partial charge in [-0.25, -0.2) is 0 Å². The minimum atomic E-state index is -0.548. The first-order valence-corrected chi connectivity index (χ1v) is 11.6. The SMILES string of the molecule is CC1=NC2=C(C(=O)CCC2)[C@@H](c2cccc3ccccc23)C1C(=O)OC1CCCCC1. The maximum absolute atomic E-state index is 13.5. The third-order valence-corrected chi connectivity index (χ3v) is 7.08. The molecule has 31 heavy (non-hydrogen) atoms. The van der Waals surface area contributed by atoms with E-state index in [0.29, 0.717) is 6.42 Å². The zero-order valence-corrected chi connectivity index (χ0v) is 18.1. The zero-order valence-electron chi connectivity index (χ0n) is 18.1. The van der Waals surface area contributed by atoms with E-state index in [1.165, 1.54) is 6.42 Å². The third kappa shape index (κ3) is 3.73. The first-order chi connectivity index (χ1) is 15.1. The Hall–Kier alpha value is -2.75. The van der Waals surface area contributed by atoms with Gasteiger partial charge in [0.2, 0.25) is 0 Å². The lowest BCUT2D eigenvalue weighted by Crippen LogP contribution is -2.39. The standard InChI is InChI=1S/C27H29NO3/c1-17-24(27(30)31-19-11-3-2-4-12-19)25(26-22(28-17)15-8-16-23(26)29)21-14-7-10-18-9-5-6-13-20(18)21/h5-7,9-10,13-14,19,24-25H,2-4,8,11-12,15-16H2,1H3/t24?,25-/m0/s1. The van der Waals surface area contributed by atoms with Crippen molar-refractivity contribution in [1.82, 2.24) is 0 Å². The average molecular weight is 416 g/mol. The lowest BCUT2D eigenvalue weighted by molar-refractivity contribution is -0.153. The van der Waals surface area contributed by atoms with Crippen LogP contribution in [0.1, 0.15) is 69.8 Å². The largest absolute Gasteiger partial charge is 0.462 e. The molecule has 4 heteroatoms. The lowest BCUT2D eigenvalue weighted by Gasteiger charge is -2.36. The Labute approximate surface area is 183 Å². The van der Waals surface area contributed by atoms with Crippen LogP contribution in [0.5, 0.6) is 0 Å². The van der Waals surface area contributed by atoms with E-state index >= 15 is 0 Å². The summed E-state index contributed by atoms with van der Waals surface area (Å²) in [5.41, 5.74) is 3.40. The normalized spacial score (nSPS) is 24.7. The predicted molar refractivity (Wildman–Crippen MR) is 122 cm³/mol. The highest BCUT2D eigenvalue weighted by Gasteiger charge is 2.44. The van der Waals surface area contributed by atoms with E-state index in [2.05, 4.69) is 24.3 Å². The van der Waals surface area contributed by atoms with Crippen LogP contribution in [0.3, 0.4) is 0 Å². The number of carbonyl (C=O) groups is 2. The van der Waals surface area contributed by atoms with Gasteiger partial charge in [0.05, 0.1) is 0 Å². The van der Waals surface area contributed by atoms with Gasteiger partial charge < -0.3 is 4.74 Å². The Balaban J connectivity index is 1.62. The van der Waals surface area contributed by atoms with E-state index in [9.17, 15) is 9.59 Å². The molecule has 0 spiro atoms. The summed E-state index contributed by atoms with van der Waals surface area (Å²) in [6.45, 7) is 1.92. The van der Waals surface area contributed by atoms with Crippen LogP contribution in [0, 0.1) is 5.92 Å². The Morgan fingerprint density at radius 2 is 1.74 bits per heavy atom. The van der Waals surface area contributed by atoms with Crippen LogP contribution < -0.4 is 0 Å². The molecule has 160 valence electrons. The summed E-state index contributed by atoms with van der Waals surface area (Å²) in [5.74, 6) is -0.974. The van der Waals surface area contributed by atoms with Gasteiger partial charge in [0, 0.05) is 29.3 Å². The third-order valence-electron chi connectivity index (χ3n) is 7.08. The van der Waals surface area contributed by atoms with Gasteiger partial charge in [0.25, 0.3) is 0 Å². The Bertz CT molecular complexity index is 1090. The number of ketones is 1. The quantitative estimate of drug-likeness (QED) is 0.587. The number of hydrogen-bond acceptors (Lipinski definition) is 4. The van der Waals surface area contributed by atoms with E-state index in [1.54, 1.807) is 0 Å². The molecule has 2 aliphatic carbocycles. The lowest BCUT2D eigenvalue weighted by atomic mass is 9.71. The topological polar surface area (TPSA) is 55.7 Å². The molecule has 0 N–H and O–H groups in total. The predicted octanol–water partition coefficient (Wildman–Crippen LogP) is 5.90. The smallest absolute Gasteiger partial charge is 0.315 e. The number of nitrogens with zero attached hydrogens (tertiary/aromatic N) is 1. The number of benzene rings is 2. The molecule has 0 bridgehead atoms. The van der Waals surface area contributed by atoms with Crippen molar-refractivity contribution >= 4 is 28.2 Å². The number of ether oxygens (including phenoxy) is 1. The van der Waals surface area contributed by atoms with Gasteiger partial charge in [-0.1, -0.05) is 48.9 Å². The van der Waals surface area contributed by atoms with Crippen molar-refractivity contribution < 1.29 is 14.3 Å². The summed E-state index contributed by atoms with van der Waals surface area (Å²) >= 11 is 0. The van der Waals surface area contributed by atoms with E-state index in [4.69, 9.17) is 9.73 Å². The summed E-state index contributed by atoms with van der Waals surface area (Å²) in [5, 5.41) is 2.20. The molecular formula is C27H29NO3. The number of carbonyl (C=O) groups excluding carboxylic acids is 2. The molecule has 2 aromatic rings. The summed E-state index contributed by atoms with van der Waals surface area (Å²) in [6, 6.07) is 14.4. The molecule has 1 saturated carbocycles. The van der Waals surface area contributed by atoms with Crippen molar-refractivity contribution in [2.24, 2.45) is 10.9 Å². The Morgan fingerprint density at radius 1 is 0.968 bits per heavy atom. The highest BCUT2D eigenvalue weighted by atomic mass is 16.5. The van der Waals surface area contributed by atoms with Crippen LogP contribution in [-0.4, -0.2) is 23.6 Å². The molecule has 4 nitrogen and oxygen atoms in total. The fourth-order valence-corrected chi connectivity index (χ4v) is 5.59. The first-order valence-electron chi connectivity index (χ1n) is 11.6. The number of esters is 1. The molecule has 1 aliphatic heterocycles. The van der Waals surface area contributed by atoms with Crippen LogP contribution in [-0.2, 0) is 14.3 Å². The van der Waals surface area contributed by atoms with E-state index < -0.39 is 5.92 Å². The number of Topliss-reactive ketones (excluding diaryl/α,β-unsaturated/α-hetero) is 1. The molecule has 0 saturated heterocycles. The van der Waals surface area contributed by atoms with E-state index in [1.807, 2.05) is 25.1 Å². The van der Waals surface area contributed by atoms with Crippen molar-refractivity contribution in [2.75, 3.05) is 0 Å². The molecule has 1 fully saturated rings. The Kier molecular flexibility index (Phi) is 5.47. The molecule has 2 atom stereocenters. The molecule has 5 rings (SSSR count). The maximum Gasteiger partial charge on any atom is 0.315 e. The second-order valence-corrected chi connectivity index (χ2v) is 9.11. The van der Waals surface area contributed by atoms with Gasteiger partial charge in [-0.05, 0) is 61.8 Å². The van der Waals surface area contributed by atoms with Gasteiger partial charge in [-0.3, -0.25) is 14.6 Å². The van der Waals surface area contributed by atoms with E-state index in [0.717, 1.165) is 71.8 Å². The van der Waals surface area contributed by atoms with Gasteiger partial charge in [-0.2, -0.15) is 0 Å². The summed E-state index contributed by atoms with van der Waals surface area (Å²) < 4.78 is 6.03. The van der Waals surface area contributed by atoms with Gasteiger partial charge >= 0.3 is 5.97 Å². The first kappa shape index (κ1) is 20.2. The van der Waals surface area contributed by atoms with E-state index in [-0.39, 0.29) is 23.8 Å². The van der Waals surface area contributed by atoms with Crippen LogP contribution in [0.2, 0.25) is 0 Å². The molecule has 3 aliphatic rings. The molecule has 0 radical (unpaired) electrons. The second kappa shape index (κ2) is 8.41. The van der Waals surface area contributed by atoms with Crippen LogP contribution in [0.4, 0.5) is 0 Å². The molecule has 1 unspecified atom stereocenters. The van der Waals surface area contributed by atoms with Gasteiger partial charge in [0.1, 0.15) is 12.0 Å². The number of hydrogen-bond donors (Lipinski definition) is 0. The highest BCUT2D eigenvalue weighted by Crippen LogP contribution is 2.45. The fourth-order valence-electron chi connectivity index (χ4n) is 5.59. The van der Waals surface area contributed by atoms with Crippen molar-refractivity contribution in [3.63, 3.8) is 0 Å². The van der Waals surface area contributed by atoms with Gasteiger partial charge in [-0.15, -0.1) is 0 Å². The number of aliphatic imine (C=N–C) groups is 1. The molecule has 0 aromatic heterocycles. The number of allylic oxidation sites excluding steroid dienone is 2. The van der Waals surface area contributed by atoms with Crippen LogP contribution in [0.25, 0.3) is 10.8 Å². The van der Waals surface area contributed by atoms with Crippen molar-refractivity contribution in [2.45, 2.75) is 70.3 Å². The fraction of sp³-hybridized carbons (Fsp3) is 0.444. The molecule has 0 amide bonds. The van der Waals surface area contributed by atoms with Crippen LogP contribution in [0.15, 0.2) is 58.7 Å². The molecule has 1 heterocycles. The van der Waals surface area contributed by atoms with Gasteiger partial charge in [0.15, 0.2) is 5.78 Å². The van der Waals surface area contributed by atoms with Crippen molar-refractivity contribution in [1.29, 1.82) is 0 Å². The summed E-state index contributed by atoms with van der Waals surface area (Å²) in [7, 11) is 0. The summed E-state index contributed by atoms with van der Waals surface area (Å²) in [6.07, 6.45) is 7.42.